The van der Waals surface area contributed by atoms with Gasteiger partial charge in [0, 0.05) is 13.1 Å². The number of likely N-dealkylation sites (tertiary alicyclic amines) is 1. The molecule has 1 unspecified atom stereocenters. The number of nitrogens with two attached hydrogens (primary N) is 1. The fourth-order valence-electron chi connectivity index (χ4n) is 3.20. The lowest BCUT2D eigenvalue weighted by atomic mass is 9.83. The molecular weight excluding hydrogens is 228 g/mol. The molecule has 2 N–H and O–H groups in total. The number of hydrogen-bond donors (Lipinski definition) is 1. The summed E-state index contributed by atoms with van der Waals surface area (Å²) in [6, 6.07) is 0. The highest BCUT2D eigenvalue weighted by molar-refractivity contribution is 5.81. The summed E-state index contributed by atoms with van der Waals surface area (Å²) in [5, 5.41) is 0. The van der Waals surface area contributed by atoms with Crippen LogP contribution in [0.1, 0.15) is 39.5 Å². The van der Waals surface area contributed by atoms with Gasteiger partial charge in [-0.15, -0.1) is 0 Å². The Kier molecular flexibility index (Phi) is 3.70. The Morgan fingerprint density at radius 1 is 1.50 bits per heavy atom. The Bertz CT molecular complexity index is 326. The minimum absolute atomic E-state index is 0.242. The number of ether oxygens (including phenoxy) is 1. The molecule has 1 heterocycles. The lowest BCUT2D eigenvalue weighted by molar-refractivity contribution is -0.149. The van der Waals surface area contributed by atoms with Crippen molar-refractivity contribution in [3.05, 3.63) is 0 Å². The van der Waals surface area contributed by atoms with Gasteiger partial charge in [-0.25, -0.2) is 0 Å². The van der Waals surface area contributed by atoms with Crippen LogP contribution in [0, 0.1) is 11.3 Å². The Morgan fingerprint density at radius 2 is 2.17 bits per heavy atom. The first-order chi connectivity index (χ1) is 8.37. The van der Waals surface area contributed by atoms with E-state index in [9.17, 15) is 4.79 Å². The minimum Gasteiger partial charge on any atom is -0.468 e. The predicted molar refractivity (Wildman–Crippen MR) is 71.1 cm³/mol. The second-order valence-corrected chi connectivity index (χ2v) is 6.78. The van der Waals surface area contributed by atoms with Crippen molar-refractivity contribution in [2.75, 3.05) is 26.7 Å². The van der Waals surface area contributed by atoms with E-state index in [1.165, 1.54) is 20.0 Å². The molecular formula is C14H26N2O2. The minimum atomic E-state index is -0.790. The Labute approximate surface area is 110 Å². The van der Waals surface area contributed by atoms with Crippen molar-refractivity contribution in [3.8, 4) is 0 Å². The number of nitrogens with zero attached hydrogens (tertiary/aromatic N) is 1. The molecule has 4 heteroatoms. The molecule has 0 aromatic carbocycles. The molecule has 0 bridgehead atoms. The van der Waals surface area contributed by atoms with Crippen LogP contribution in [0.4, 0.5) is 0 Å². The van der Waals surface area contributed by atoms with Crippen LogP contribution in [-0.2, 0) is 9.53 Å². The Hall–Kier alpha value is -0.610. The van der Waals surface area contributed by atoms with Gasteiger partial charge in [0.05, 0.1) is 7.11 Å². The zero-order chi connectivity index (χ0) is 13.4. The summed E-state index contributed by atoms with van der Waals surface area (Å²) in [5.41, 5.74) is 5.90. The quantitative estimate of drug-likeness (QED) is 0.770. The van der Waals surface area contributed by atoms with Gasteiger partial charge in [-0.1, -0.05) is 13.8 Å². The summed E-state index contributed by atoms with van der Waals surface area (Å²) < 4.78 is 4.92. The lowest BCUT2D eigenvalue weighted by Gasteiger charge is -2.41. The molecule has 1 aliphatic heterocycles. The van der Waals surface area contributed by atoms with E-state index < -0.39 is 5.54 Å². The summed E-state index contributed by atoms with van der Waals surface area (Å²) in [6.45, 7) is 7.29. The van der Waals surface area contributed by atoms with Gasteiger partial charge >= 0.3 is 5.97 Å². The summed E-state index contributed by atoms with van der Waals surface area (Å²) in [7, 11) is 1.44. The average molecular weight is 254 g/mol. The van der Waals surface area contributed by atoms with Crippen molar-refractivity contribution >= 4 is 5.97 Å². The van der Waals surface area contributed by atoms with Crippen molar-refractivity contribution in [2.24, 2.45) is 17.1 Å². The number of carbonyl (C=O) groups excluding carboxylic acids is 1. The molecule has 2 rings (SSSR count). The van der Waals surface area contributed by atoms with Crippen molar-refractivity contribution in [3.63, 3.8) is 0 Å². The highest BCUT2D eigenvalue weighted by Crippen LogP contribution is 2.40. The molecule has 1 aliphatic carbocycles. The molecule has 1 atom stereocenters. The molecule has 0 spiro atoms. The summed E-state index contributed by atoms with van der Waals surface area (Å²) in [4.78, 5) is 14.3. The zero-order valence-corrected chi connectivity index (χ0v) is 11.9. The fourth-order valence-corrected chi connectivity index (χ4v) is 3.20. The van der Waals surface area contributed by atoms with Crippen LogP contribution in [0.15, 0.2) is 0 Å². The summed E-state index contributed by atoms with van der Waals surface area (Å²) in [5.74, 6) is 0.0726. The molecule has 0 aromatic heterocycles. The van der Waals surface area contributed by atoms with E-state index in [-0.39, 0.29) is 5.97 Å². The molecule has 1 saturated heterocycles. The van der Waals surface area contributed by atoms with E-state index in [4.69, 9.17) is 10.5 Å². The van der Waals surface area contributed by atoms with Crippen LogP contribution in [0.2, 0.25) is 0 Å². The first-order valence-corrected chi connectivity index (χ1v) is 6.97. The number of methoxy groups -OCH3 is 1. The van der Waals surface area contributed by atoms with Crippen LogP contribution in [0.25, 0.3) is 0 Å². The second-order valence-electron chi connectivity index (χ2n) is 6.78. The molecule has 104 valence electrons. The predicted octanol–water partition coefficient (Wildman–Crippen LogP) is 1.39. The third-order valence-corrected chi connectivity index (χ3v) is 4.34. The van der Waals surface area contributed by atoms with Crippen LogP contribution >= 0.6 is 0 Å². The Morgan fingerprint density at radius 3 is 2.67 bits per heavy atom. The standard InChI is InChI=1S/C14H26N2O2/c1-13(2)7-4-8-16(9-13)10-14(15,11-5-6-11)12(17)18-3/h11H,4-10,15H2,1-3H3. The number of esters is 1. The fraction of sp³-hybridized carbons (Fsp3) is 0.929. The highest BCUT2D eigenvalue weighted by Gasteiger charge is 2.50. The maximum atomic E-state index is 12.0. The van der Waals surface area contributed by atoms with Gasteiger partial charge in [0.1, 0.15) is 5.54 Å². The SMILES string of the molecule is COC(=O)C(N)(CN1CCCC(C)(C)C1)C1CC1. The number of carbonyl (C=O) groups is 1. The number of hydrogen-bond acceptors (Lipinski definition) is 4. The summed E-state index contributed by atoms with van der Waals surface area (Å²) >= 11 is 0. The molecule has 0 radical (unpaired) electrons. The first kappa shape index (κ1) is 13.8. The normalized spacial score (nSPS) is 27.6. The summed E-state index contributed by atoms with van der Waals surface area (Å²) in [6.07, 6.45) is 4.56. The molecule has 4 nitrogen and oxygen atoms in total. The van der Waals surface area contributed by atoms with Gasteiger partial charge in [-0.3, -0.25) is 4.79 Å². The molecule has 0 amide bonds. The van der Waals surface area contributed by atoms with Gasteiger partial charge in [-0.2, -0.15) is 0 Å². The smallest absolute Gasteiger partial charge is 0.327 e. The van der Waals surface area contributed by atoms with Crippen molar-refractivity contribution in [1.82, 2.24) is 4.90 Å². The molecule has 0 aromatic rings. The van der Waals surface area contributed by atoms with E-state index in [1.54, 1.807) is 0 Å². The zero-order valence-electron chi connectivity index (χ0n) is 11.9. The monoisotopic (exact) mass is 254 g/mol. The molecule has 1 saturated carbocycles. The number of piperidine rings is 1. The lowest BCUT2D eigenvalue weighted by Crippen LogP contribution is -2.60. The largest absolute Gasteiger partial charge is 0.468 e. The van der Waals surface area contributed by atoms with E-state index in [2.05, 4.69) is 18.7 Å². The van der Waals surface area contributed by atoms with Crippen molar-refractivity contribution < 1.29 is 9.53 Å². The van der Waals surface area contributed by atoms with E-state index in [0.29, 0.717) is 17.9 Å². The van der Waals surface area contributed by atoms with Crippen LogP contribution < -0.4 is 5.73 Å². The number of rotatable bonds is 4. The van der Waals surface area contributed by atoms with Gasteiger partial charge in [0.2, 0.25) is 0 Å². The van der Waals surface area contributed by atoms with Gasteiger partial charge in [0.15, 0.2) is 0 Å². The van der Waals surface area contributed by atoms with Crippen molar-refractivity contribution in [2.45, 2.75) is 45.1 Å². The Balaban J connectivity index is 2.03. The van der Waals surface area contributed by atoms with E-state index >= 15 is 0 Å². The average Bonchev–Trinajstić information content (AvgIpc) is 3.10. The highest BCUT2D eigenvalue weighted by atomic mass is 16.5. The maximum absolute atomic E-state index is 12.0. The van der Waals surface area contributed by atoms with Crippen LogP contribution in [-0.4, -0.2) is 43.2 Å². The van der Waals surface area contributed by atoms with Gasteiger partial charge < -0.3 is 15.4 Å². The first-order valence-electron chi connectivity index (χ1n) is 6.97. The van der Waals surface area contributed by atoms with Gasteiger partial charge in [-0.05, 0) is 43.6 Å². The molecule has 2 fully saturated rings. The van der Waals surface area contributed by atoms with E-state index in [1.807, 2.05) is 0 Å². The molecule has 2 aliphatic rings. The third-order valence-electron chi connectivity index (χ3n) is 4.34. The third kappa shape index (κ3) is 2.86. The van der Waals surface area contributed by atoms with E-state index in [0.717, 1.165) is 25.9 Å². The molecule has 18 heavy (non-hydrogen) atoms. The topological polar surface area (TPSA) is 55.6 Å². The van der Waals surface area contributed by atoms with Gasteiger partial charge in [0.25, 0.3) is 0 Å². The second kappa shape index (κ2) is 4.82. The van der Waals surface area contributed by atoms with Crippen LogP contribution in [0.3, 0.4) is 0 Å². The van der Waals surface area contributed by atoms with Crippen LogP contribution in [0.5, 0.6) is 0 Å². The maximum Gasteiger partial charge on any atom is 0.327 e. The van der Waals surface area contributed by atoms with Crippen molar-refractivity contribution in [1.29, 1.82) is 0 Å².